The Bertz CT molecular complexity index is 333. The number of nitrogens with zero attached hydrogens (tertiary/aromatic N) is 2. The molecule has 0 aliphatic rings. The molecule has 1 aromatic rings. The maximum Gasteiger partial charge on any atom is 0.143 e. The minimum absolute atomic E-state index is 0.791. The molecule has 2 nitrogen and oxygen atoms in total. The lowest BCUT2D eigenvalue weighted by molar-refractivity contribution is 0.846. The van der Waals surface area contributed by atoms with E-state index in [1.807, 2.05) is 6.08 Å². The maximum absolute atomic E-state index is 4.19. The Morgan fingerprint density at radius 1 is 1.46 bits per heavy atom. The molecule has 0 unspecified atom stereocenters. The van der Waals surface area contributed by atoms with E-state index in [1.165, 1.54) is 0 Å². The van der Waals surface area contributed by atoms with E-state index in [0.29, 0.717) is 0 Å². The molecule has 0 N–H and O–H groups in total. The van der Waals surface area contributed by atoms with Crippen LogP contribution in [0.1, 0.15) is 0 Å². The van der Waals surface area contributed by atoms with Crippen LogP contribution in [0.5, 0.6) is 0 Å². The van der Waals surface area contributed by atoms with Gasteiger partial charge in [0, 0.05) is 12.0 Å². The topological polar surface area (TPSA) is 17.8 Å². The Morgan fingerprint density at radius 3 is 2.69 bits per heavy atom. The van der Waals surface area contributed by atoms with Gasteiger partial charge in [0.1, 0.15) is 9.63 Å². The fraction of sp³-hybridized carbons (Fsp3) is 0.125. The predicted molar refractivity (Wildman–Crippen MR) is 64.9 cm³/mol. The lowest BCUT2D eigenvalue weighted by Crippen LogP contribution is -1.90. The van der Waals surface area contributed by atoms with Gasteiger partial charge in [-0.15, -0.1) is 18.3 Å². The number of hydrogen-bond donors (Lipinski definition) is 0. The largest absolute Gasteiger partial charge is 0.233 e. The van der Waals surface area contributed by atoms with Crippen LogP contribution in [0.25, 0.3) is 6.20 Å². The maximum atomic E-state index is 4.19. The molecule has 0 aliphatic heterocycles. The lowest BCUT2D eigenvalue weighted by atomic mass is 10.7. The summed E-state index contributed by atoms with van der Waals surface area (Å²) in [5.74, 6) is 0.852. The van der Waals surface area contributed by atoms with E-state index in [1.54, 1.807) is 22.6 Å². The van der Waals surface area contributed by atoms with Crippen LogP contribution in [0.3, 0.4) is 0 Å². The Labute approximate surface area is 98.3 Å². The average Bonchev–Trinajstić information content (AvgIpc) is 2.40. The molecule has 1 aromatic heterocycles. The van der Waals surface area contributed by atoms with E-state index in [2.05, 4.69) is 50.1 Å². The van der Waals surface area contributed by atoms with Crippen molar-refractivity contribution in [2.45, 2.75) is 5.03 Å². The first-order valence-corrected chi connectivity index (χ1v) is 6.07. The second kappa shape index (κ2) is 5.02. The van der Waals surface area contributed by atoms with Gasteiger partial charge in [0.15, 0.2) is 0 Å². The van der Waals surface area contributed by atoms with Crippen molar-refractivity contribution in [3.63, 3.8) is 0 Å². The zero-order valence-corrected chi connectivity index (χ0v) is 10.8. The summed E-state index contributed by atoms with van der Waals surface area (Å²) >= 11 is 8.43. The smallest absolute Gasteiger partial charge is 0.143 e. The number of hydrogen-bond acceptors (Lipinski definition) is 2. The quantitative estimate of drug-likeness (QED) is 0.620. The summed E-state index contributed by atoms with van der Waals surface area (Å²) in [5.41, 5.74) is 0. The molecule has 0 saturated carbocycles. The monoisotopic (exact) mass is 322 g/mol. The summed E-state index contributed by atoms with van der Waals surface area (Å²) < 4.78 is 3.47. The van der Waals surface area contributed by atoms with Crippen LogP contribution in [0.2, 0.25) is 0 Å². The number of halogens is 2. The first-order valence-electron chi connectivity index (χ1n) is 3.50. The van der Waals surface area contributed by atoms with E-state index in [-0.39, 0.29) is 0 Å². The Hall–Kier alpha value is -0.000000000000000111. The molecule has 1 rings (SSSR count). The number of thioether (sulfide) groups is 1. The van der Waals surface area contributed by atoms with Crippen LogP contribution >= 0.6 is 43.6 Å². The van der Waals surface area contributed by atoms with Crippen LogP contribution in [-0.4, -0.2) is 15.5 Å². The molecule has 5 heteroatoms. The van der Waals surface area contributed by atoms with Crippen molar-refractivity contribution in [1.82, 2.24) is 9.78 Å². The molecule has 0 aliphatic carbocycles. The molecular weight excluding hydrogens is 316 g/mol. The van der Waals surface area contributed by atoms with Gasteiger partial charge in [-0.2, -0.15) is 5.10 Å². The highest BCUT2D eigenvalue weighted by Gasteiger charge is 2.11. The van der Waals surface area contributed by atoms with E-state index >= 15 is 0 Å². The zero-order valence-electron chi connectivity index (χ0n) is 6.83. The zero-order chi connectivity index (χ0) is 9.84. The molecule has 0 fully saturated rings. The van der Waals surface area contributed by atoms with Crippen molar-refractivity contribution in [2.24, 2.45) is 0 Å². The fourth-order valence-corrected chi connectivity index (χ4v) is 2.60. The molecule has 0 bridgehead atoms. The lowest BCUT2D eigenvalue weighted by Gasteiger charge is -1.99. The summed E-state index contributed by atoms with van der Waals surface area (Å²) in [5, 5.41) is 5.22. The third-order valence-corrected chi connectivity index (χ3v) is 4.45. The van der Waals surface area contributed by atoms with Crippen LogP contribution in [0.4, 0.5) is 0 Å². The third kappa shape index (κ3) is 2.48. The summed E-state index contributed by atoms with van der Waals surface area (Å²) in [7, 11) is 0. The second-order valence-electron chi connectivity index (χ2n) is 2.14. The molecule has 13 heavy (non-hydrogen) atoms. The minimum atomic E-state index is 0.791. The summed E-state index contributed by atoms with van der Waals surface area (Å²) in [6.07, 6.45) is 3.52. The van der Waals surface area contributed by atoms with Gasteiger partial charge in [0.25, 0.3) is 0 Å². The van der Waals surface area contributed by atoms with Gasteiger partial charge in [-0.1, -0.05) is 12.7 Å². The third-order valence-electron chi connectivity index (χ3n) is 1.28. The van der Waals surface area contributed by atoms with Crippen molar-refractivity contribution >= 4 is 49.8 Å². The molecular formula is C8H8Br2N2S. The molecule has 0 saturated heterocycles. The van der Waals surface area contributed by atoms with Gasteiger partial charge >= 0.3 is 0 Å². The highest BCUT2D eigenvalue weighted by molar-refractivity contribution is 9.13. The Balaban J connectivity index is 3.00. The SMILES string of the molecule is C=CCSc1c(Br)c(Br)nn1C=C. The highest BCUT2D eigenvalue weighted by Crippen LogP contribution is 2.33. The van der Waals surface area contributed by atoms with Crippen molar-refractivity contribution in [1.29, 1.82) is 0 Å². The van der Waals surface area contributed by atoms with E-state index < -0.39 is 0 Å². The van der Waals surface area contributed by atoms with Gasteiger partial charge in [0.2, 0.25) is 0 Å². The Kier molecular flexibility index (Phi) is 4.28. The summed E-state index contributed by atoms with van der Waals surface area (Å²) in [4.78, 5) is 0. The highest BCUT2D eigenvalue weighted by atomic mass is 79.9. The van der Waals surface area contributed by atoms with Crippen LogP contribution < -0.4 is 0 Å². The standard InChI is InChI=1S/C8H8Br2N2S/c1-3-5-13-8-6(9)7(10)11-12(8)4-2/h3-4H,1-2,5H2. The van der Waals surface area contributed by atoms with Crippen molar-refractivity contribution < 1.29 is 0 Å². The van der Waals surface area contributed by atoms with Gasteiger partial charge < -0.3 is 0 Å². The molecule has 1 heterocycles. The number of aromatic nitrogens is 2. The predicted octanol–water partition coefficient (Wildman–Crippen LogP) is 3.79. The molecule has 0 atom stereocenters. The van der Waals surface area contributed by atoms with E-state index in [4.69, 9.17) is 0 Å². The molecule has 0 radical (unpaired) electrons. The molecule has 70 valence electrons. The first-order chi connectivity index (χ1) is 6.20. The van der Waals surface area contributed by atoms with Crippen LogP contribution in [0.15, 0.2) is 33.3 Å². The van der Waals surface area contributed by atoms with Gasteiger partial charge in [0.05, 0.1) is 4.47 Å². The van der Waals surface area contributed by atoms with Crippen LogP contribution in [0, 0.1) is 0 Å². The fourth-order valence-electron chi connectivity index (χ4n) is 0.764. The van der Waals surface area contributed by atoms with E-state index in [9.17, 15) is 0 Å². The minimum Gasteiger partial charge on any atom is -0.233 e. The molecule has 0 aromatic carbocycles. The normalized spacial score (nSPS) is 10.0. The first kappa shape index (κ1) is 11.1. The van der Waals surface area contributed by atoms with E-state index in [0.717, 1.165) is 19.9 Å². The van der Waals surface area contributed by atoms with Crippen LogP contribution in [-0.2, 0) is 0 Å². The summed E-state index contributed by atoms with van der Waals surface area (Å²) in [6.45, 7) is 7.34. The van der Waals surface area contributed by atoms with Crippen molar-refractivity contribution in [3.05, 3.63) is 28.3 Å². The summed E-state index contributed by atoms with van der Waals surface area (Å²) in [6, 6.07) is 0. The van der Waals surface area contributed by atoms with Gasteiger partial charge in [-0.05, 0) is 31.9 Å². The Morgan fingerprint density at radius 2 is 2.15 bits per heavy atom. The van der Waals surface area contributed by atoms with Gasteiger partial charge in [-0.25, -0.2) is 4.68 Å². The second-order valence-corrected chi connectivity index (χ2v) is 4.69. The molecule has 0 amide bonds. The van der Waals surface area contributed by atoms with Crippen molar-refractivity contribution in [2.75, 3.05) is 5.75 Å². The van der Waals surface area contributed by atoms with Gasteiger partial charge in [-0.3, -0.25) is 0 Å². The molecule has 0 spiro atoms. The average molecular weight is 324 g/mol. The van der Waals surface area contributed by atoms with Crippen molar-refractivity contribution in [3.8, 4) is 0 Å². The number of rotatable bonds is 4.